The fourth-order valence-electron chi connectivity index (χ4n) is 12.5. The molecule has 0 N–H and O–H groups in total. The third-order valence-corrected chi connectivity index (χ3v) is 57.8. The van der Waals surface area contributed by atoms with E-state index in [1.54, 1.807) is 36.4 Å². The molecular weight excluding hydrogens is 1390 g/mol. The second-order valence-electron chi connectivity index (χ2n) is 20.5. The van der Waals surface area contributed by atoms with Crippen LogP contribution in [0.25, 0.3) is 0 Å². The van der Waals surface area contributed by atoms with Crippen molar-refractivity contribution >= 4 is 129 Å². The van der Waals surface area contributed by atoms with Gasteiger partial charge in [0.15, 0.2) is 0 Å². The molecule has 0 aliphatic heterocycles. The Labute approximate surface area is 503 Å². The van der Waals surface area contributed by atoms with Gasteiger partial charge in [-0.25, -0.2) is 0 Å². The third kappa shape index (κ3) is 10.9. The Morgan fingerprint density at radius 2 is 0.488 bits per heavy atom. The van der Waals surface area contributed by atoms with Crippen molar-refractivity contribution in [1.82, 2.24) is 0 Å². The van der Waals surface area contributed by atoms with Crippen molar-refractivity contribution in [2.75, 3.05) is 0 Å². The van der Waals surface area contributed by atoms with E-state index in [1.165, 1.54) is 26.4 Å². The van der Waals surface area contributed by atoms with Gasteiger partial charge in [-0.05, 0) is 0 Å². The first kappa shape index (κ1) is 57.0. The Balaban J connectivity index is 1.18. The molecule has 0 aromatic heterocycles. The molecule has 0 fully saturated rings. The summed E-state index contributed by atoms with van der Waals surface area (Å²) >= 11 is 5.09. The average molecular weight is 1450 g/mol. The van der Waals surface area contributed by atoms with Gasteiger partial charge in [-0.15, -0.1) is 0 Å². The van der Waals surface area contributed by atoms with Gasteiger partial charge in [-0.3, -0.25) is 0 Å². The van der Waals surface area contributed by atoms with Crippen LogP contribution in [0, 0.1) is 0 Å². The van der Waals surface area contributed by atoms with Crippen LogP contribution < -0.4 is 36.2 Å². The predicted molar refractivity (Wildman–Crippen MR) is 347 cm³/mol. The van der Waals surface area contributed by atoms with Gasteiger partial charge >= 0.3 is 508 Å². The van der Waals surface area contributed by atoms with E-state index in [4.69, 9.17) is 40.4 Å². The molecule has 404 valence electrons. The minimum atomic E-state index is -7.11. The predicted octanol–water partition coefficient (Wildman–Crippen LogP) is 11.9. The number of benzene rings is 11. The van der Waals surface area contributed by atoms with E-state index in [0.29, 0.717) is 24.9 Å². The van der Waals surface area contributed by atoms with Crippen LogP contribution in [-0.2, 0) is 15.2 Å². The van der Waals surface area contributed by atoms with E-state index in [1.807, 2.05) is 109 Å². The molecular formula is C72H58BiCl3Ge2O4. The van der Waals surface area contributed by atoms with Crippen molar-refractivity contribution in [1.29, 1.82) is 0 Å². The zero-order valence-electron chi connectivity index (χ0n) is 44.8. The molecule has 0 saturated heterocycles. The summed E-state index contributed by atoms with van der Waals surface area (Å²) in [6.45, 7) is 0. The van der Waals surface area contributed by atoms with Crippen LogP contribution in [0.15, 0.2) is 315 Å². The Kier molecular flexibility index (Phi) is 17.6. The Hall–Kier alpha value is -6.80. The van der Waals surface area contributed by atoms with Crippen molar-refractivity contribution in [3.63, 3.8) is 0 Å². The number of hydrogen-bond acceptors (Lipinski definition) is 4. The van der Waals surface area contributed by atoms with Gasteiger partial charge in [-0.2, -0.15) is 0 Å². The van der Waals surface area contributed by atoms with Crippen LogP contribution in [0.2, 0.25) is 15.1 Å². The molecule has 4 nitrogen and oxygen atoms in total. The molecule has 10 heteroatoms. The zero-order valence-corrected chi connectivity index (χ0v) is 54.7. The fraction of sp³-hybridized carbons (Fsp3) is 0.0556. The van der Waals surface area contributed by atoms with Gasteiger partial charge in [0.25, 0.3) is 0 Å². The Morgan fingerprint density at radius 1 is 0.293 bits per heavy atom. The Morgan fingerprint density at radius 3 is 0.695 bits per heavy atom. The van der Waals surface area contributed by atoms with E-state index >= 15 is 9.59 Å². The van der Waals surface area contributed by atoms with Crippen molar-refractivity contribution in [3.8, 4) is 0 Å². The quantitative estimate of drug-likeness (QED) is 0.0757. The van der Waals surface area contributed by atoms with Crippen molar-refractivity contribution in [3.05, 3.63) is 342 Å². The summed E-state index contributed by atoms with van der Waals surface area (Å²) < 4.78 is 23.6. The molecule has 0 aliphatic carbocycles. The number of carbonyl (C=O) groups is 2. The SMILES string of the molecule is O=C(C[CH](c1ccccc1)[Ge]([c]1ccccc1)([c]1ccccc1)[c]1ccccc1)[O][Bi]([O]C(=O)C[CH](c1ccccc1)[Ge]([c]1ccccc1)([c]1ccccc1)[c]1ccccc1)([c]1ccc(Cl)cc1)([c]1ccc(Cl)cc1)[c]1ccc(Cl)cc1. The van der Waals surface area contributed by atoms with Gasteiger partial charge in [0.1, 0.15) is 0 Å². The molecule has 2 unspecified atom stereocenters. The molecule has 0 saturated carbocycles. The summed E-state index contributed by atoms with van der Waals surface area (Å²) in [6, 6.07) is 107. The second-order valence-corrected chi connectivity index (χ2v) is 53.6. The van der Waals surface area contributed by atoms with Crippen molar-refractivity contribution in [2.45, 2.75) is 22.3 Å². The second kappa shape index (κ2) is 25.4. The molecule has 11 aromatic carbocycles. The van der Waals surface area contributed by atoms with Gasteiger partial charge < -0.3 is 0 Å². The minimum absolute atomic E-state index is 0.0823. The zero-order chi connectivity index (χ0) is 56.4. The maximum absolute atomic E-state index is 16.8. The van der Waals surface area contributed by atoms with Gasteiger partial charge in [0, 0.05) is 0 Å². The molecule has 0 aliphatic rings. The first-order valence-electron chi connectivity index (χ1n) is 27.3. The number of halogens is 3. The molecule has 0 bridgehead atoms. The van der Waals surface area contributed by atoms with Crippen LogP contribution in [0.4, 0.5) is 0 Å². The topological polar surface area (TPSA) is 52.6 Å². The van der Waals surface area contributed by atoms with E-state index in [9.17, 15) is 0 Å². The van der Waals surface area contributed by atoms with Gasteiger partial charge in [0.2, 0.25) is 0 Å². The first-order chi connectivity index (χ1) is 40.2. The van der Waals surface area contributed by atoms with Crippen LogP contribution in [-0.4, -0.2) is 58.1 Å². The summed E-state index contributed by atoms with van der Waals surface area (Å²) in [5.41, 5.74) is 1.98. The Bertz CT molecular complexity index is 3380. The summed E-state index contributed by atoms with van der Waals surface area (Å²) in [5.74, 6) is -1.06. The van der Waals surface area contributed by atoms with E-state index < -0.39 is 67.6 Å². The molecule has 2 atom stereocenters. The van der Waals surface area contributed by atoms with Crippen LogP contribution in [0.5, 0.6) is 0 Å². The van der Waals surface area contributed by atoms with E-state index in [2.05, 4.69) is 170 Å². The molecule has 0 radical (unpaired) electrons. The standard InChI is InChI=1S/2C27H24GeO2.3C6H4Cl.Bi/c2*29-27(30)21-26(22-13-5-1-6-14-22)28(23-15-7-2-8-16-23,24-17-9-3-10-18-24)25-19-11-4-12-20-25;3*7-6-4-2-1-3-5-6;/h2*1-20,26H,21H2,(H,29,30);3*2-5H;/q;;;;;+2/p-2. The first-order valence-corrected chi connectivity index (χ1v) is 45.3. The molecule has 11 aromatic rings. The summed E-state index contributed by atoms with van der Waals surface area (Å²) in [6.07, 6.45) is -0.165. The normalized spacial score (nSPS) is 12.9. The fourth-order valence-corrected chi connectivity index (χ4v) is 53.8. The summed E-state index contributed by atoms with van der Waals surface area (Å²) in [4.78, 5) is 33.7. The van der Waals surface area contributed by atoms with Crippen LogP contribution in [0.3, 0.4) is 0 Å². The number of hydrogen-bond donors (Lipinski definition) is 0. The molecule has 0 heterocycles. The average Bonchev–Trinajstić information content (AvgIpc) is 1.87. The molecule has 11 rings (SSSR count). The summed E-state index contributed by atoms with van der Waals surface area (Å²) in [7, 11) is 0. The van der Waals surface area contributed by atoms with Crippen molar-refractivity contribution in [2.24, 2.45) is 0 Å². The molecule has 0 spiro atoms. The van der Waals surface area contributed by atoms with Crippen LogP contribution in [0.1, 0.15) is 33.5 Å². The van der Waals surface area contributed by atoms with Gasteiger partial charge in [-0.1, -0.05) is 0 Å². The third-order valence-electron chi connectivity index (χ3n) is 16.0. The monoisotopic (exact) mass is 1450 g/mol. The van der Waals surface area contributed by atoms with Crippen molar-refractivity contribution < 1.29 is 15.2 Å². The van der Waals surface area contributed by atoms with E-state index in [-0.39, 0.29) is 12.8 Å². The van der Waals surface area contributed by atoms with E-state index in [0.717, 1.165) is 11.1 Å². The number of rotatable bonds is 19. The molecule has 0 amide bonds. The number of carbonyl (C=O) groups excluding carboxylic acids is 2. The summed E-state index contributed by atoms with van der Waals surface area (Å²) in [5, 5.41) is 1.36. The molecule has 82 heavy (non-hydrogen) atoms. The van der Waals surface area contributed by atoms with Crippen LogP contribution >= 0.6 is 34.8 Å². The van der Waals surface area contributed by atoms with Gasteiger partial charge in [0.05, 0.1) is 0 Å². The maximum atomic E-state index is 16.8.